The van der Waals surface area contributed by atoms with Crippen LogP contribution in [-0.4, -0.2) is 9.78 Å². The van der Waals surface area contributed by atoms with Crippen LogP contribution in [0.15, 0.2) is 60.9 Å². The van der Waals surface area contributed by atoms with Crippen molar-refractivity contribution in [3.05, 3.63) is 72.3 Å². The fraction of sp³-hybridized carbons (Fsp3) is 0.0625. The molecule has 0 atom stereocenters. The third kappa shape index (κ3) is 2.27. The minimum Gasteiger partial charge on any atom is -0.237 e. The van der Waals surface area contributed by atoms with E-state index in [0.717, 1.165) is 11.1 Å². The number of halogens is 1. The highest BCUT2D eigenvalue weighted by atomic mass is 19.1. The molecule has 0 aliphatic heterocycles. The summed E-state index contributed by atoms with van der Waals surface area (Å²) in [5.41, 5.74) is 3.71. The van der Waals surface area contributed by atoms with Gasteiger partial charge in [-0.2, -0.15) is 5.10 Å². The van der Waals surface area contributed by atoms with Gasteiger partial charge in [-0.1, -0.05) is 42.0 Å². The van der Waals surface area contributed by atoms with Gasteiger partial charge in [0.25, 0.3) is 0 Å². The fourth-order valence-electron chi connectivity index (χ4n) is 2.07. The van der Waals surface area contributed by atoms with Gasteiger partial charge in [0.1, 0.15) is 11.5 Å². The smallest absolute Gasteiger partial charge is 0.148 e. The van der Waals surface area contributed by atoms with Crippen LogP contribution in [0.2, 0.25) is 0 Å². The molecule has 1 heterocycles. The minimum absolute atomic E-state index is 0.276. The minimum atomic E-state index is -0.276. The lowest BCUT2D eigenvalue weighted by atomic mass is 10.1. The fourth-order valence-corrected chi connectivity index (χ4v) is 2.07. The predicted octanol–water partition coefficient (Wildman–Crippen LogP) is 3.99. The molecule has 2 nitrogen and oxygen atoms in total. The molecule has 0 aliphatic carbocycles. The SMILES string of the molecule is Cc1cccc(-c2cnn(-c3ccccc3F)c2)c1. The summed E-state index contributed by atoms with van der Waals surface area (Å²) in [4.78, 5) is 0. The van der Waals surface area contributed by atoms with Gasteiger partial charge in [0.05, 0.1) is 6.20 Å². The van der Waals surface area contributed by atoms with Crippen molar-refractivity contribution in [1.82, 2.24) is 9.78 Å². The molecular weight excluding hydrogens is 239 g/mol. The van der Waals surface area contributed by atoms with Crippen LogP contribution in [0.3, 0.4) is 0 Å². The first-order valence-electron chi connectivity index (χ1n) is 6.11. The van der Waals surface area contributed by atoms with Gasteiger partial charge in [-0.25, -0.2) is 9.07 Å². The number of aryl methyl sites for hydroxylation is 1. The lowest BCUT2D eigenvalue weighted by Crippen LogP contribution is -1.96. The highest BCUT2D eigenvalue weighted by Crippen LogP contribution is 2.21. The first-order chi connectivity index (χ1) is 9.24. The molecular formula is C16H13FN2. The third-order valence-electron chi connectivity index (χ3n) is 3.03. The van der Waals surface area contributed by atoms with E-state index in [2.05, 4.69) is 11.2 Å². The van der Waals surface area contributed by atoms with Crippen LogP contribution in [0.25, 0.3) is 16.8 Å². The summed E-state index contributed by atoms with van der Waals surface area (Å²) < 4.78 is 15.3. The second kappa shape index (κ2) is 4.69. The van der Waals surface area contributed by atoms with Gasteiger partial charge in [0, 0.05) is 11.8 Å². The van der Waals surface area contributed by atoms with Gasteiger partial charge >= 0.3 is 0 Å². The Morgan fingerprint density at radius 1 is 1.00 bits per heavy atom. The number of hydrogen-bond acceptors (Lipinski definition) is 1. The molecule has 3 rings (SSSR count). The third-order valence-corrected chi connectivity index (χ3v) is 3.03. The van der Waals surface area contributed by atoms with Crippen LogP contribution < -0.4 is 0 Å². The van der Waals surface area contributed by atoms with E-state index >= 15 is 0 Å². The molecule has 0 spiro atoms. The Bertz CT molecular complexity index is 716. The van der Waals surface area contributed by atoms with Crippen LogP contribution in [0.4, 0.5) is 4.39 Å². The van der Waals surface area contributed by atoms with Crippen molar-refractivity contribution in [2.75, 3.05) is 0 Å². The molecule has 94 valence electrons. The van der Waals surface area contributed by atoms with E-state index in [-0.39, 0.29) is 5.82 Å². The molecule has 3 heteroatoms. The van der Waals surface area contributed by atoms with Crippen molar-refractivity contribution in [2.24, 2.45) is 0 Å². The standard InChI is InChI=1S/C16H13FN2/c1-12-5-4-6-13(9-12)14-10-18-19(11-14)16-8-3-2-7-15(16)17/h2-11H,1H3. The molecule has 0 radical (unpaired) electrons. The van der Waals surface area contributed by atoms with Gasteiger partial charge in [-0.05, 0) is 24.6 Å². The maximum atomic E-state index is 13.7. The molecule has 0 aliphatic rings. The van der Waals surface area contributed by atoms with Gasteiger partial charge in [0.2, 0.25) is 0 Å². The van der Waals surface area contributed by atoms with Gasteiger partial charge in [-0.3, -0.25) is 0 Å². The van der Waals surface area contributed by atoms with E-state index in [1.807, 2.05) is 31.3 Å². The zero-order valence-electron chi connectivity index (χ0n) is 10.5. The highest BCUT2D eigenvalue weighted by Gasteiger charge is 2.06. The Morgan fingerprint density at radius 3 is 2.63 bits per heavy atom. The lowest BCUT2D eigenvalue weighted by Gasteiger charge is -2.02. The lowest BCUT2D eigenvalue weighted by molar-refractivity contribution is 0.611. The average Bonchev–Trinajstić information content (AvgIpc) is 2.89. The first kappa shape index (κ1) is 11.7. The maximum Gasteiger partial charge on any atom is 0.148 e. The van der Waals surface area contributed by atoms with E-state index in [1.165, 1.54) is 11.6 Å². The number of nitrogens with zero attached hydrogens (tertiary/aromatic N) is 2. The second-order valence-electron chi connectivity index (χ2n) is 4.49. The molecule has 0 fully saturated rings. The van der Waals surface area contributed by atoms with Gasteiger partial charge in [0.15, 0.2) is 0 Å². The predicted molar refractivity (Wildman–Crippen MR) is 73.7 cm³/mol. The van der Waals surface area contributed by atoms with E-state index in [1.54, 1.807) is 29.1 Å². The first-order valence-corrected chi connectivity index (χ1v) is 6.11. The van der Waals surface area contributed by atoms with Gasteiger partial charge in [-0.15, -0.1) is 0 Å². The van der Waals surface area contributed by atoms with Crippen molar-refractivity contribution in [3.63, 3.8) is 0 Å². The van der Waals surface area contributed by atoms with E-state index in [4.69, 9.17) is 0 Å². The zero-order valence-corrected chi connectivity index (χ0v) is 10.5. The largest absolute Gasteiger partial charge is 0.237 e. The Kier molecular flexibility index (Phi) is 2.88. The van der Waals surface area contributed by atoms with Crippen molar-refractivity contribution in [2.45, 2.75) is 6.92 Å². The maximum absolute atomic E-state index is 13.7. The van der Waals surface area contributed by atoms with E-state index < -0.39 is 0 Å². The molecule has 0 N–H and O–H groups in total. The monoisotopic (exact) mass is 252 g/mol. The van der Waals surface area contributed by atoms with E-state index in [9.17, 15) is 4.39 Å². The Hall–Kier alpha value is -2.42. The van der Waals surface area contributed by atoms with Crippen LogP contribution in [0, 0.1) is 12.7 Å². The number of benzene rings is 2. The van der Waals surface area contributed by atoms with Crippen LogP contribution >= 0.6 is 0 Å². The van der Waals surface area contributed by atoms with E-state index in [0.29, 0.717) is 5.69 Å². The molecule has 0 saturated heterocycles. The summed E-state index contributed by atoms with van der Waals surface area (Å²) in [6, 6.07) is 14.8. The van der Waals surface area contributed by atoms with Crippen LogP contribution in [-0.2, 0) is 0 Å². The summed E-state index contributed by atoms with van der Waals surface area (Å²) in [5.74, 6) is -0.276. The molecule has 19 heavy (non-hydrogen) atoms. The molecule has 0 amide bonds. The zero-order chi connectivity index (χ0) is 13.2. The Labute approximate surface area is 111 Å². The summed E-state index contributed by atoms with van der Waals surface area (Å²) in [5, 5.41) is 4.23. The molecule has 1 aromatic heterocycles. The van der Waals surface area contributed by atoms with Crippen molar-refractivity contribution >= 4 is 0 Å². The summed E-state index contributed by atoms with van der Waals surface area (Å²) in [7, 11) is 0. The quantitative estimate of drug-likeness (QED) is 0.674. The molecule has 2 aromatic carbocycles. The molecule has 3 aromatic rings. The number of rotatable bonds is 2. The number of para-hydroxylation sites is 1. The average molecular weight is 252 g/mol. The van der Waals surface area contributed by atoms with Gasteiger partial charge < -0.3 is 0 Å². The Morgan fingerprint density at radius 2 is 1.84 bits per heavy atom. The van der Waals surface area contributed by atoms with Crippen LogP contribution in [0.5, 0.6) is 0 Å². The Balaban J connectivity index is 2.03. The normalized spacial score (nSPS) is 10.6. The summed E-state index contributed by atoms with van der Waals surface area (Å²) >= 11 is 0. The highest BCUT2D eigenvalue weighted by molar-refractivity contribution is 5.63. The summed E-state index contributed by atoms with van der Waals surface area (Å²) in [6.07, 6.45) is 3.59. The second-order valence-corrected chi connectivity index (χ2v) is 4.49. The van der Waals surface area contributed by atoms with Crippen LogP contribution in [0.1, 0.15) is 5.56 Å². The van der Waals surface area contributed by atoms with Crippen molar-refractivity contribution in [1.29, 1.82) is 0 Å². The molecule has 0 saturated carbocycles. The number of hydrogen-bond donors (Lipinski definition) is 0. The summed E-state index contributed by atoms with van der Waals surface area (Å²) in [6.45, 7) is 2.05. The van der Waals surface area contributed by atoms with Crippen molar-refractivity contribution in [3.8, 4) is 16.8 Å². The topological polar surface area (TPSA) is 17.8 Å². The molecule has 0 unspecified atom stereocenters. The molecule has 0 bridgehead atoms. The van der Waals surface area contributed by atoms with Crippen molar-refractivity contribution < 1.29 is 4.39 Å². The number of aromatic nitrogens is 2.